The fourth-order valence-electron chi connectivity index (χ4n) is 5.14. The number of anilines is 1. The van der Waals surface area contributed by atoms with Gasteiger partial charge in [-0.05, 0) is 45.3 Å². The fourth-order valence-corrected chi connectivity index (χ4v) is 6.43. The van der Waals surface area contributed by atoms with E-state index >= 15 is 0 Å². The third-order valence-electron chi connectivity index (χ3n) is 6.90. The number of carbonyl (C=O) groups is 1. The molecule has 0 bridgehead atoms. The van der Waals surface area contributed by atoms with E-state index in [1.165, 1.54) is 37.4 Å². The van der Waals surface area contributed by atoms with E-state index < -0.39 is 0 Å². The topological polar surface area (TPSA) is 78.6 Å². The molecule has 3 heterocycles. The number of unbranched alkanes of at least 4 members (excludes halogenated alkanes) is 5. The first-order valence-electron chi connectivity index (χ1n) is 13.6. The van der Waals surface area contributed by atoms with Gasteiger partial charge in [-0.3, -0.25) is 19.1 Å². The van der Waals surface area contributed by atoms with E-state index in [0.29, 0.717) is 41.0 Å². The van der Waals surface area contributed by atoms with E-state index in [-0.39, 0.29) is 29.2 Å². The third kappa shape index (κ3) is 6.84. The lowest BCUT2D eigenvalue weighted by Crippen LogP contribution is -2.48. The maximum Gasteiger partial charge on any atom is 0.270 e. The minimum atomic E-state index is -0.281. The van der Waals surface area contributed by atoms with Gasteiger partial charge in [0.1, 0.15) is 21.8 Å². The molecule has 0 saturated carbocycles. The van der Waals surface area contributed by atoms with Gasteiger partial charge in [0.2, 0.25) is 0 Å². The Morgan fingerprint density at radius 2 is 1.70 bits per heavy atom. The van der Waals surface area contributed by atoms with Gasteiger partial charge in [0.15, 0.2) is 0 Å². The number of aromatic nitrogens is 1. The second-order valence-electron chi connectivity index (χ2n) is 10.1. The molecular formula is C28H40N4O3S2. The van der Waals surface area contributed by atoms with Crippen LogP contribution in [0.3, 0.4) is 0 Å². The van der Waals surface area contributed by atoms with Crippen LogP contribution in [-0.4, -0.2) is 51.5 Å². The molecule has 2 fully saturated rings. The van der Waals surface area contributed by atoms with E-state index in [4.69, 9.17) is 17.0 Å². The number of nitrogens with zero attached hydrogens (tertiary/aromatic N) is 4. The largest absolute Gasteiger partial charge is 0.372 e. The quantitative estimate of drug-likeness (QED) is 0.203. The number of thioether (sulfide) groups is 1. The fraction of sp³-hybridized carbons (Fsp3) is 0.643. The second kappa shape index (κ2) is 13.6. The number of morpholine rings is 1. The van der Waals surface area contributed by atoms with Gasteiger partial charge in [0.05, 0.1) is 17.1 Å². The summed E-state index contributed by atoms with van der Waals surface area (Å²) in [6.45, 7) is 12.4. The average molecular weight is 545 g/mol. The highest BCUT2D eigenvalue weighted by Crippen LogP contribution is 2.36. The molecule has 9 heteroatoms. The number of hydrogen-bond acceptors (Lipinski definition) is 7. The van der Waals surface area contributed by atoms with Crippen LogP contribution in [0, 0.1) is 18.3 Å². The van der Waals surface area contributed by atoms with Crippen LogP contribution in [0.15, 0.2) is 9.70 Å². The summed E-state index contributed by atoms with van der Waals surface area (Å²) in [5, 5.41) is 9.85. The molecule has 0 N–H and O–H groups in total. The highest BCUT2D eigenvalue weighted by molar-refractivity contribution is 8.26. The summed E-state index contributed by atoms with van der Waals surface area (Å²) in [5.41, 5.74) is 1.19. The molecule has 37 heavy (non-hydrogen) atoms. The van der Waals surface area contributed by atoms with Crippen LogP contribution in [0.25, 0.3) is 6.08 Å². The van der Waals surface area contributed by atoms with Crippen LogP contribution in [0.2, 0.25) is 0 Å². The van der Waals surface area contributed by atoms with E-state index in [0.717, 1.165) is 30.6 Å². The van der Waals surface area contributed by atoms with Crippen molar-refractivity contribution < 1.29 is 9.53 Å². The van der Waals surface area contributed by atoms with Gasteiger partial charge >= 0.3 is 0 Å². The van der Waals surface area contributed by atoms with Crippen molar-refractivity contribution in [1.82, 2.24) is 9.47 Å². The molecule has 2 unspecified atom stereocenters. The van der Waals surface area contributed by atoms with E-state index in [1.54, 1.807) is 16.4 Å². The predicted octanol–water partition coefficient (Wildman–Crippen LogP) is 5.61. The summed E-state index contributed by atoms with van der Waals surface area (Å²) in [6, 6.07) is 2.12. The molecule has 2 atom stereocenters. The number of amides is 1. The summed E-state index contributed by atoms with van der Waals surface area (Å²) in [4.78, 5) is 31.2. The van der Waals surface area contributed by atoms with Crippen molar-refractivity contribution >= 4 is 46.1 Å². The van der Waals surface area contributed by atoms with Crippen molar-refractivity contribution in [2.75, 3.05) is 24.5 Å². The molecular weight excluding hydrogens is 504 g/mol. The SMILES string of the molecule is CCCCCCCCN1C(=O)/C(=C/c2c(C)c(C#N)c(=O)n(CCC)c2N2CC(C)OC(C)C2)SC1=S. The Morgan fingerprint density at radius 1 is 1.05 bits per heavy atom. The number of nitriles is 1. The summed E-state index contributed by atoms with van der Waals surface area (Å²) < 4.78 is 8.23. The Balaban J connectivity index is 2.01. The lowest BCUT2D eigenvalue weighted by molar-refractivity contribution is -0.122. The maximum absolute atomic E-state index is 13.4. The summed E-state index contributed by atoms with van der Waals surface area (Å²) in [6.07, 6.45) is 9.45. The molecule has 1 aromatic rings. The van der Waals surface area contributed by atoms with Crippen LogP contribution in [0.1, 0.15) is 89.3 Å². The first-order chi connectivity index (χ1) is 17.7. The standard InChI is InChI=1S/C28H40N4O3S2/c1-6-8-9-10-11-12-14-32-27(34)24(37-28(32)36)15-22-21(5)23(16-29)26(33)31(13-7-2)25(22)30-17-19(3)35-20(4)18-30/h15,19-20H,6-14,17-18H2,1-5H3/b24-15-. The Labute approximate surface area is 230 Å². The molecule has 2 aliphatic rings. The van der Waals surface area contributed by atoms with Crippen LogP contribution in [0.5, 0.6) is 0 Å². The van der Waals surface area contributed by atoms with Crippen molar-refractivity contribution in [3.8, 4) is 6.07 Å². The lowest BCUT2D eigenvalue weighted by Gasteiger charge is -2.39. The zero-order valence-electron chi connectivity index (χ0n) is 22.8. The molecule has 2 saturated heterocycles. The number of thiocarbonyl (C=S) groups is 1. The maximum atomic E-state index is 13.4. The molecule has 0 spiro atoms. The zero-order chi connectivity index (χ0) is 27.1. The van der Waals surface area contributed by atoms with Crippen molar-refractivity contribution in [3.05, 3.63) is 31.9 Å². The van der Waals surface area contributed by atoms with Crippen molar-refractivity contribution in [3.63, 3.8) is 0 Å². The van der Waals surface area contributed by atoms with Crippen LogP contribution >= 0.6 is 24.0 Å². The number of rotatable bonds is 11. The number of carbonyl (C=O) groups excluding carboxylic acids is 1. The number of pyridine rings is 1. The van der Waals surface area contributed by atoms with Crippen LogP contribution in [-0.2, 0) is 16.1 Å². The van der Waals surface area contributed by atoms with E-state index in [1.807, 2.05) is 26.8 Å². The van der Waals surface area contributed by atoms with Crippen molar-refractivity contribution in [2.45, 2.75) is 98.3 Å². The molecule has 2 aliphatic heterocycles. The Kier molecular flexibility index (Phi) is 10.8. The van der Waals surface area contributed by atoms with Gasteiger partial charge < -0.3 is 9.64 Å². The van der Waals surface area contributed by atoms with Gasteiger partial charge in [-0.2, -0.15) is 5.26 Å². The van der Waals surface area contributed by atoms with Crippen molar-refractivity contribution in [2.24, 2.45) is 0 Å². The van der Waals surface area contributed by atoms with Gasteiger partial charge in [-0.15, -0.1) is 0 Å². The normalized spacial score (nSPS) is 21.2. The van der Waals surface area contributed by atoms with Crippen LogP contribution in [0.4, 0.5) is 5.82 Å². The number of hydrogen-bond donors (Lipinski definition) is 0. The highest BCUT2D eigenvalue weighted by atomic mass is 32.2. The van der Waals surface area contributed by atoms with Gasteiger partial charge in [-0.25, -0.2) is 0 Å². The van der Waals surface area contributed by atoms with Gasteiger partial charge in [-0.1, -0.05) is 69.9 Å². The minimum Gasteiger partial charge on any atom is -0.372 e. The monoisotopic (exact) mass is 544 g/mol. The number of ether oxygens (including phenoxy) is 1. The van der Waals surface area contributed by atoms with Gasteiger partial charge in [0.25, 0.3) is 11.5 Å². The van der Waals surface area contributed by atoms with Crippen LogP contribution < -0.4 is 10.5 Å². The Hall–Kier alpha value is -2.15. The second-order valence-corrected chi connectivity index (χ2v) is 11.7. The zero-order valence-corrected chi connectivity index (χ0v) is 24.5. The highest BCUT2D eigenvalue weighted by Gasteiger charge is 2.34. The smallest absolute Gasteiger partial charge is 0.270 e. The Morgan fingerprint density at radius 3 is 2.32 bits per heavy atom. The molecule has 0 aliphatic carbocycles. The first kappa shape index (κ1) is 29.4. The van der Waals surface area contributed by atoms with Gasteiger partial charge in [0, 0.05) is 31.7 Å². The first-order valence-corrected chi connectivity index (χ1v) is 14.8. The summed E-state index contributed by atoms with van der Waals surface area (Å²) >= 11 is 6.89. The minimum absolute atomic E-state index is 0.00624. The molecule has 1 aromatic heterocycles. The third-order valence-corrected chi connectivity index (χ3v) is 8.27. The molecule has 0 radical (unpaired) electrons. The van der Waals surface area contributed by atoms with Crippen molar-refractivity contribution in [1.29, 1.82) is 5.26 Å². The predicted molar refractivity (Wildman–Crippen MR) is 156 cm³/mol. The summed E-state index contributed by atoms with van der Waals surface area (Å²) in [5.74, 6) is 0.663. The Bertz CT molecular complexity index is 1130. The summed E-state index contributed by atoms with van der Waals surface area (Å²) in [7, 11) is 0. The molecule has 3 rings (SSSR count). The lowest BCUT2D eigenvalue weighted by atomic mass is 10.0. The molecule has 0 aromatic carbocycles. The average Bonchev–Trinajstić information content (AvgIpc) is 3.11. The van der Waals surface area contributed by atoms with E-state index in [2.05, 4.69) is 17.9 Å². The molecule has 1 amide bonds. The molecule has 202 valence electrons. The van der Waals surface area contributed by atoms with E-state index in [9.17, 15) is 14.9 Å². The molecule has 7 nitrogen and oxygen atoms in total.